The summed E-state index contributed by atoms with van der Waals surface area (Å²) in [5, 5.41) is 11.8. The van der Waals surface area contributed by atoms with Crippen LogP contribution >= 0.6 is 35.0 Å². The van der Waals surface area contributed by atoms with E-state index >= 15 is 0 Å². The van der Waals surface area contributed by atoms with Gasteiger partial charge < -0.3 is 19.2 Å². The third kappa shape index (κ3) is 4.89. The number of aromatic nitrogens is 2. The molecule has 0 aliphatic carbocycles. The number of nitrogens with one attached hydrogen (secondary N) is 1. The van der Waals surface area contributed by atoms with Gasteiger partial charge in [0.05, 0.1) is 30.6 Å². The fourth-order valence-corrected chi connectivity index (χ4v) is 3.33. The number of nitrogens with zero attached hydrogens (tertiary/aromatic N) is 2. The lowest BCUT2D eigenvalue weighted by Gasteiger charge is -2.10. The van der Waals surface area contributed by atoms with E-state index < -0.39 is 0 Å². The Labute approximate surface area is 175 Å². The molecule has 0 aliphatic rings. The normalized spacial score (nSPS) is 10.6. The first-order valence-electron chi connectivity index (χ1n) is 7.93. The molecular formula is C18H15Cl2N3O4S. The molecule has 0 fully saturated rings. The second-order valence-electron chi connectivity index (χ2n) is 5.40. The van der Waals surface area contributed by atoms with Crippen molar-refractivity contribution in [3.05, 3.63) is 46.4 Å². The summed E-state index contributed by atoms with van der Waals surface area (Å²) in [5.41, 5.74) is 1.16. The molecule has 0 aliphatic heterocycles. The molecule has 0 bridgehead atoms. The van der Waals surface area contributed by atoms with E-state index in [9.17, 15) is 4.79 Å². The summed E-state index contributed by atoms with van der Waals surface area (Å²) in [6, 6.07) is 10.1. The molecule has 0 saturated carbocycles. The first kappa shape index (κ1) is 20.3. The summed E-state index contributed by atoms with van der Waals surface area (Å²) in [5.74, 6) is 1.21. The number of methoxy groups -OCH3 is 2. The minimum atomic E-state index is -0.235. The van der Waals surface area contributed by atoms with E-state index in [1.54, 1.807) is 43.5 Å². The summed E-state index contributed by atoms with van der Waals surface area (Å²) in [4.78, 5) is 12.2. The van der Waals surface area contributed by atoms with E-state index in [1.807, 2.05) is 0 Å². The summed E-state index contributed by atoms with van der Waals surface area (Å²) in [6.45, 7) is 0. The highest BCUT2D eigenvalue weighted by Gasteiger charge is 2.14. The predicted molar refractivity (Wildman–Crippen MR) is 109 cm³/mol. The molecule has 1 amide bonds. The van der Waals surface area contributed by atoms with E-state index in [0.29, 0.717) is 32.8 Å². The van der Waals surface area contributed by atoms with Crippen molar-refractivity contribution < 1.29 is 18.7 Å². The molecule has 3 aromatic rings. The molecule has 0 unspecified atom stereocenters. The van der Waals surface area contributed by atoms with E-state index in [4.69, 9.17) is 37.1 Å². The molecule has 10 heteroatoms. The van der Waals surface area contributed by atoms with Gasteiger partial charge in [-0.25, -0.2) is 0 Å². The molecule has 0 saturated heterocycles. The lowest BCUT2D eigenvalue weighted by molar-refractivity contribution is -0.113. The minimum Gasteiger partial charge on any atom is -0.493 e. The van der Waals surface area contributed by atoms with E-state index in [-0.39, 0.29) is 22.8 Å². The smallest absolute Gasteiger partial charge is 0.277 e. The highest BCUT2D eigenvalue weighted by Crippen LogP contribution is 2.32. The van der Waals surface area contributed by atoms with E-state index in [1.165, 1.54) is 7.11 Å². The van der Waals surface area contributed by atoms with E-state index in [2.05, 4.69) is 15.5 Å². The summed E-state index contributed by atoms with van der Waals surface area (Å²) >= 11 is 13.1. The molecule has 0 spiro atoms. The molecule has 1 N–H and O–H groups in total. The average molecular weight is 440 g/mol. The Morgan fingerprint density at radius 1 is 1.11 bits per heavy atom. The molecule has 28 heavy (non-hydrogen) atoms. The Morgan fingerprint density at radius 3 is 2.61 bits per heavy atom. The molecule has 1 aromatic heterocycles. The van der Waals surface area contributed by atoms with Crippen LogP contribution in [0.1, 0.15) is 0 Å². The van der Waals surface area contributed by atoms with Gasteiger partial charge in [0.25, 0.3) is 5.22 Å². The average Bonchev–Trinajstić information content (AvgIpc) is 3.15. The summed E-state index contributed by atoms with van der Waals surface area (Å²) in [7, 11) is 3.07. The number of hydrogen-bond acceptors (Lipinski definition) is 7. The Kier molecular flexibility index (Phi) is 6.66. The Morgan fingerprint density at radius 2 is 1.89 bits per heavy atom. The third-order valence-electron chi connectivity index (χ3n) is 3.56. The molecule has 0 radical (unpaired) electrons. The topological polar surface area (TPSA) is 86.5 Å². The molecular weight excluding hydrogens is 425 g/mol. The second-order valence-corrected chi connectivity index (χ2v) is 7.17. The maximum absolute atomic E-state index is 12.2. The van der Waals surface area contributed by atoms with Crippen LogP contribution in [0.5, 0.6) is 11.5 Å². The van der Waals surface area contributed by atoms with Gasteiger partial charge >= 0.3 is 0 Å². The fraction of sp³-hybridized carbons (Fsp3) is 0.167. The Hall–Kier alpha value is -2.42. The lowest BCUT2D eigenvalue weighted by Crippen LogP contribution is -2.14. The standard InChI is InChI=1S/C18H15Cl2N3O4S/c1-25-14-6-4-11(8-15(14)26-2)21-16(24)9-28-18-23-22-17(27-18)12-5-3-10(19)7-13(12)20/h3-8H,9H2,1-2H3,(H,21,24). The largest absolute Gasteiger partial charge is 0.493 e. The fourth-order valence-electron chi connectivity index (χ4n) is 2.28. The quantitative estimate of drug-likeness (QED) is 0.529. The summed E-state index contributed by atoms with van der Waals surface area (Å²) < 4.78 is 15.9. The molecule has 1 heterocycles. The van der Waals surface area contributed by atoms with Crippen molar-refractivity contribution in [1.29, 1.82) is 0 Å². The van der Waals surface area contributed by atoms with Crippen LogP contribution in [0.2, 0.25) is 10.0 Å². The van der Waals surface area contributed by atoms with Gasteiger partial charge in [0.2, 0.25) is 11.8 Å². The second kappa shape index (κ2) is 9.18. The number of amides is 1. The van der Waals surface area contributed by atoms with Crippen molar-refractivity contribution in [2.75, 3.05) is 25.3 Å². The zero-order valence-corrected chi connectivity index (χ0v) is 17.2. The predicted octanol–water partition coefficient (Wildman–Crippen LogP) is 4.79. The van der Waals surface area contributed by atoms with Gasteiger partial charge in [0.1, 0.15) is 0 Å². The van der Waals surface area contributed by atoms with Crippen LogP contribution in [0.3, 0.4) is 0 Å². The zero-order valence-electron chi connectivity index (χ0n) is 14.9. The highest BCUT2D eigenvalue weighted by molar-refractivity contribution is 7.99. The molecule has 7 nitrogen and oxygen atoms in total. The van der Waals surface area contributed by atoms with Crippen LogP contribution in [0, 0.1) is 0 Å². The number of benzene rings is 2. The number of thioether (sulfide) groups is 1. The van der Waals surface area contributed by atoms with Crippen LogP contribution < -0.4 is 14.8 Å². The highest BCUT2D eigenvalue weighted by atomic mass is 35.5. The van der Waals surface area contributed by atoms with Crippen molar-refractivity contribution >= 4 is 46.6 Å². The number of carbonyl (C=O) groups is 1. The van der Waals surface area contributed by atoms with Gasteiger partial charge in [-0.05, 0) is 30.3 Å². The number of carbonyl (C=O) groups excluding carboxylic acids is 1. The van der Waals surface area contributed by atoms with Gasteiger partial charge in [-0.15, -0.1) is 10.2 Å². The number of rotatable bonds is 7. The van der Waals surface area contributed by atoms with Crippen molar-refractivity contribution in [2.24, 2.45) is 0 Å². The maximum atomic E-state index is 12.2. The first-order valence-corrected chi connectivity index (χ1v) is 9.68. The van der Waals surface area contributed by atoms with Gasteiger partial charge in [-0.3, -0.25) is 4.79 Å². The van der Waals surface area contributed by atoms with Crippen molar-refractivity contribution in [2.45, 2.75) is 5.22 Å². The zero-order chi connectivity index (χ0) is 20.1. The number of halogens is 2. The number of ether oxygens (including phenoxy) is 2. The minimum absolute atomic E-state index is 0.0876. The molecule has 2 aromatic carbocycles. The van der Waals surface area contributed by atoms with Gasteiger partial charge in [-0.1, -0.05) is 35.0 Å². The third-order valence-corrected chi connectivity index (χ3v) is 4.93. The molecule has 0 atom stereocenters. The Bertz CT molecular complexity index is 997. The van der Waals surface area contributed by atoms with Crippen molar-refractivity contribution in [3.63, 3.8) is 0 Å². The van der Waals surface area contributed by atoms with Crippen molar-refractivity contribution in [3.8, 4) is 23.0 Å². The maximum Gasteiger partial charge on any atom is 0.277 e. The monoisotopic (exact) mass is 439 g/mol. The lowest BCUT2D eigenvalue weighted by atomic mass is 10.2. The van der Waals surface area contributed by atoms with Crippen LogP contribution in [0.4, 0.5) is 5.69 Å². The van der Waals surface area contributed by atoms with Crippen LogP contribution in [-0.4, -0.2) is 36.1 Å². The van der Waals surface area contributed by atoms with Gasteiger partial charge in [0, 0.05) is 16.8 Å². The van der Waals surface area contributed by atoms with E-state index in [0.717, 1.165) is 11.8 Å². The SMILES string of the molecule is COc1ccc(NC(=O)CSc2nnc(-c3ccc(Cl)cc3Cl)o2)cc1OC. The van der Waals surface area contributed by atoms with Crippen LogP contribution in [0.25, 0.3) is 11.5 Å². The molecule has 146 valence electrons. The Balaban J connectivity index is 1.60. The van der Waals surface area contributed by atoms with Gasteiger partial charge in [-0.2, -0.15) is 0 Å². The first-order chi connectivity index (χ1) is 13.5. The number of hydrogen-bond donors (Lipinski definition) is 1. The summed E-state index contributed by atoms with van der Waals surface area (Å²) in [6.07, 6.45) is 0. The molecule has 3 rings (SSSR count). The number of anilines is 1. The van der Waals surface area contributed by atoms with Crippen molar-refractivity contribution in [1.82, 2.24) is 10.2 Å². The van der Waals surface area contributed by atoms with Crippen LogP contribution in [0.15, 0.2) is 46.0 Å². The van der Waals surface area contributed by atoms with Crippen LogP contribution in [-0.2, 0) is 4.79 Å². The van der Waals surface area contributed by atoms with Gasteiger partial charge in [0.15, 0.2) is 11.5 Å².